The first-order valence-electron chi connectivity index (χ1n) is 5.89. The van der Waals surface area contributed by atoms with E-state index >= 15 is 0 Å². The number of carbonyl (C=O) groups is 1. The van der Waals surface area contributed by atoms with Crippen molar-refractivity contribution < 1.29 is 9.53 Å². The second-order valence-corrected chi connectivity index (χ2v) is 5.08. The van der Waals surface area contributed by atoms with Crippen molar-refractivity contribution in [2.45, 2.75) is 5.92 Å². The third kappa shape index (κ3) is 2.33. The molecule has 96 valence electrons. The van der Waals surface area contributed by atoms with Gasteiger partial charge >= 0.3 is 0 Å². The Hall–Kier alpha value is -1.88. The molecule has 19 heavy (non-hydrogen) atoms. The Morgan fingerprint density at radius 1 is 1.32 bits per heavy atom. The summed E-state index contributed by atoms with van der Waals surface area (Å²) in [5.41, 5.74) is 0.923. The summed E-state index contributed by atoms with van der Waals surface area (Å²) in [5, 5.41) is 2.82. The fraction of sp³-hybridized carbons (Fsp3) is 0.143. The van der Waals surface area contributed by atoms with Gasteiger partial charge in [0.2, 0.25) is 5.91 Å². The van der Waals surface area contributed by atoms with Crippen molar-refractivity contribution in [3.63, 3.8) is 0 Å². The third-order valence-electron chi connectivity index (χ3n) is 3.02. The first kappa shape index (κ1) is 12.2. The lowest BCUT2D eigenvalue weighted by Crippen LogP contribution is -2.22. The fourth-order valence-corrected chi connectivity index (χ4v) is 2.42. The highest BCUT2D eigenvalue weighted by Crippen LogP contribution is 2.34. The number of para-hydroxylation sites is 1. The molecule has 1 aliphatic rings. The van der Waals surface area contributed by atoms with Crippen LogP contribution in [0.3, 0.4) is 0 Å². The Balaban J connectivity index is 1.81. The van der Waals surface area contributed by atoms with E-state index in [0.29, 0.717) is 12.4 Å². The molecular formula is C14H11BrN2O2. The van der Waals surface area contributed by atoms with Gasteiger partial charge in [0.25, 0.3) is 0 Å². The molecular weight excluding hydrogens is 308 g/mol. The molecule has 2 aromatic rings. The normalized spacial score (nSPS) is 16.6. The quantitative estimate of drug-likeness (QED) is 0.926. The molecule has 1 aromatic heterocycles. The number of nitrogens with zero attached hydrogens (tertiary/aromatic N) is 1. The molecule has 0 radical (unpaired) electrons. The highest BCUT2D eigenvalue weighted by Gasteiger charge is 2.30. The molecule has 1 atom stereocenters. The first-order valence-corrected chi connectivity index (χ1v) is 6.68. The predicted octanol–water partition coefficient (Wildman–Crippen LogP) is 2.96. The average Bonchev–Trinajstić information content (AvgIpc) is 2.85. The lowest BCUT2D eigenvalue weighted by Gasteiger charge is -2.10. The van der Waals surface area contributed by atoms with Crippen LogP contribution in [-0.2, 0) is 4.79 Å². The van der Waals surface area contributed by atoms with E-state index in [4.69, 9.17) is 4.74 Å². The highest BCUT2D eigenvalue weighted by molar-refractivity contribution is 9.10. The predicted molar refractivity (Wildman–Crippen MR) is 75.2 cm³/mol. The molecule has 0 fully saturated rings. The number of fused-ring (bicyclic) bond motifs is 1. The zero-order valence-corrected chi connectivity index (χ0v) is 11.6. The summed E-state index contributed by atoms with van der Waals surface area (Å²) in [5.74, 6) is 0.911. The Kier molecular flexibility index (Phi) is 3.21. The Bertz CT molecular complexity index is 630. The van der Waals surface area contributed by atoms with E-state index in [9.17, 15) is 4.79 Å². The number of amides is 1. The maximum Gasteiger partial charge on any atom is 0.236 e. The molecule has 0 saturated heterocycles. The SMILES string of the molecule is O=C(Nc1ncccc1Br)C1COc2ccccc21. The van der Waals surface area contributed by atoms with Crippen LogP contribution in [0.25, 0.3) is 0 Å². The number of hydrogen-bond donors (Lipinski definition) is 1. The minimum absolute atomic E-state index is 0.107. The van der Waals surface area contributed by atoms with Crippen LogP contribution < -0.4 is 10.1 Å². The summed E-state index contributed by atoms with van der Waals surface area (Å²) < 4.78 is 6.27. The third-order valence-corrected chi connectivity index (χ3v) is 3.66. The van der Waals surface area contributed by atoms with Crippen LogP contribution in [0.15, 0.2) is 47.1 Å². The van der Waals surface area contributed by atoms with Crippen LogP contribution >= 0.6 is 15.9 Å². The highest BCUT2D eigenvalue weighted by atomic mass is 79.9. The minimum atomic E-state index is -0.287. The number of carbonyl (C=O) groups excluding carboxylic acids is 1. The van der Waals surface area contributed by atoms with Gasteiger partial charge in [0, 0.05) is 11.8 Å². The first-order chi connectivity index (χ1) is 9.25. The second kappa shape index (κ2) is 5.01. The summed E-state index contributed by atoms with van der Waals surface area (Å²) in [6.45, 7) is 0.371. The summed E-state index contributed by atoms with van der Waals surface area (Å²) in [7, 11) is 0. The number of ether oxygens (including phenoxy) is 1. The van der Waals surface area contributed by atoms with Gasteiger partial charge in [-0.25, -0.2) is 4.98 Å². The molecule has 1 aromatic carbocycles. The van der Waals surface area contributed by atoms with Crippen LogP contribution in [0.1, 0.15) is 11.5 Å². The van der Waals surface area contributed by atoms with Crippen molar-refractivity contribution in [2.75, 3.05) is 11.9 Å². The van der Waals surface area contributed by atoms with Gasteiger partial charge < -0.3 is 10.1 Å². The van der Waals surface area contributed by atoms with Gasteiger partial charge in [-0.05, 0) is 34.1 Å². The molecule has 3 rings (SSSR count). The number of benzene rings is 1. The number of halogens is 1. The van der Waals surface area contributed by atoms with Crippen molar-refractivity contribution >= 4 is 27.7 Å². The van der Waals surface area contributed by atoms with E-state index < -0.39 is 0 Å². The molecule has 0 spiro atoms. The van der Waals surface area contributed by atoms with Crippen molar-refractivity contribution in [3.05, 3.63) is 52.6 Å². The van der Waals surface area contributed by atoms with Gasteiger partial charge in [0.05, 0.1) is 4.47 Å². The number of anilines is 1. The number of nitrogens with one attached hydrogen (secondary N) is 1. The Labute approximate surface area is 118 Å². The number of hydrogen-bond acceptors (Lipinski definition) is 3. The monoisotopic (exact) mass is 318 g/mol. The van der Waals surface area contributed by atoms with Crippen LogP contribution in [0.2, 0.25) is 0 Å². The smallest absolute Gasteiger partial charge is 0.236 e. The van der Waals surface area contributed by atoms with E-state index in [0.717, 1.165) is 15.8 Å². The van der Waals surface area contributed by atoms with Crippen LogP contribution in [0, 0.1) is 0 Å². The van der Waals surface area contributed by atoms with Crippen molar-refractivity contribution in [1.29, 1.82) is 0 Å². The van der Waals surface area contributed by atoms with Gasteiger partial charge in [-0.2, -0.15) is 0 Å². The van der Waals surface area contributed by atoms with E-state index in [2.05, 4.69) is 26.2 Å². The lowest BCUT2D eigenvalue weighted by atomic mass is 10.0. The summed E-state index contributed by atoms with van der Waals surface area (Å²) >= 11 is 3.36. The molecule has 1 unspecified atom stereocenters. The standard InChI is InChI=1S/C14H11BrN2O2/c15-11-5-3-7-16-13(11)17-14(18)10-8-19-12-6-2-1-4-9(10)12/h1-7,10H,8H2,(H,16,17,18). The van der Waals surface area contributed by atoms with Gasteiger partial charge in [-0.3, -0.25) is 4.79 Å². The molecule has 4 nitrogen and oxygen atoms in total. The molecule has 5 heteroatoms. The maximum atomic E-state index is 12.3. The molecule has 1 N–H and O–H groups in total. The van der Waals surface area contributed by atoms with E-state index in [1.807, 2.05) is 30.3 Å². The van der Waals surface area contributed by atoms with Crippen molar-refractivity contribution in [2.24, 2.45) is 0 Å². The maximum absolute atomic E-state index is 12.3. The van der Waals surface area contributed by atoms with Crippen LogP contribution in [0.4, 0.5) is 5.82 Å². The number of pyridine rings is 1. The van der Waals surface area contributed by atoms with Gasteiger partial charge in [-0.1, -0.05) is 18.2 Å². The summed E-state index contributed by atoms with van der Waals surface area (Å²) in [4.78, 5) is 16.4. The van der Waals surface area contributed by atoms with E-state index in [1.54, 1.807) is 12.3 Å². The number of rotatable bonds is 2. The zero-order chi connectivity index (χ0) is 13.2. The van der Waals surface area contributed by atoms with Crippen LogP contribution in [-0.4, -0.2) is 17.5 Å². The molecule has 1 aliphatic heterocycles. The van der Waals surface area contributed by atoms with E-state index in [-0.39, 0.29) is 11.8 Å². The molecule has 2 heterocycles. The second-order valence-electron chi connectivity index (χ2n) is 4.22. The van der Waals surface area contributed by atoms with E-state index in [1.165, 1.54) is 0 Å². The van der Waals surface area contributed by atoms with Crippen LogP contribution in [0.5, 0.6) is 5.75 Å². The molecule has 1 amide bonds. The topological polar surface area (TPSA) is 51.2 Å². The van der Waals surface area contributed by atoms with Crippen molar-refractivity contribution in [3.8, 4) is 5.75 Å². The van der Waals surface area contributed by atoms with Gasteiger partial charge in [0.15, 0.2) is 0 Å². The molecule has 0 aliphatic carbocycles. The lowest BCUT2D eigenvalue weighted by molar-refractivity contribution is -0.117. The number of aromatic nitrogens is 1. The Morgan fingerprint density at radius 3 is 3.00 bits per heavy atom. The summed E-state index contributed by atoms with van der Waals surface area (Å²) in [6, 6.07) is 11.2. The summed E-state index contributed by atoms with van der Waals surface area (Å²) in [6.07, 6.45) is 1.64. The van der Waals surface area contributed by atoms with Gasteiger partial charge in [-0.15, -0.1) is 0 Å². The van der Waals surface area contributed by atoms with Gasteiger partial charge in [0.1, 0.15) is 24.1 Å². The van der Waals surface area contributed by atoms with Crippen molar-refractivity contribution in [1.82, 2.24) is 4.98 Å². The Morgan fingerprint density at radius 2 is 2.16 bits per heavy atom. The fourth-order valence-electron chi connectivity index (χ4n) is 2.06. The molecule has 0 bridgehead atoms. The minimum Gasteiger partial charge on any atom is -0.492 e. The average molecular weight is 319 g/mol. The zero-order valence-electron chi connectivity index (χ0n) is 9.97. The molecule has 0 saturated carbocycles. The largest absolute Gasteiger partial charge is 0.492 e.